The molecule has 0 saturated carbocycles. The van der Waals surface area contributed by atoms with E-state index in [1.807, 2.05) is 5.38 Å². The van der Waals surface area contributed by atoms with Crippen molar-refractivity contribution in [3.8, 4) is 0 Å². The van der Waals surface area contributed by atoms with Crippen LogP contribution in [0.15, 0.2) is 17.5 Å². The Labute approximate surface area is 156 Å². The number of nitrogens with one attached hydrogen (secondary N) is 1. The number of hydrogen-bond acceptors (Lipinski definition) is 4. The van der Waals surface area contributed by atoms with Crippen LogP contribution < -0.4 is 5.32 Å². The number of rotatable bonds is 2. The molecule has 1 amide bonds. The molecule has 2 aliphatic heterocycles. The van der Waals surface area contributed by atoms with Crippen molar-refractivity contribution in [2.45, 2.75) is 37.5 Å². The maximum Gasteiger partial charge on any atom is 0.410 e. The number of carbonyl (C=O) groups is 1. The second-order valence-electron chi connectivity index (χ2n) is 6.46. The van der Waals surface area contributed by atoms with Crippen LogP contribution in [0.25, 0.3) is 0 Å². The Bertz CT molecular complexity index is 814. The molecule has 2 unspecified atom stereocenters. The summed E-state index contributed by atoms with van der Waals surface area (Å²) in [6.45, 7) is 1.15. The Hall–Kier alpha value is -1.74. The van der Waals surface area contributed by atoms with Crippen LogP contribution in [0.4, 0.5) is 19.0 Å². The smallest absolute Gasteiger partial charge is 0.361 e. The van der Waals surface area contributed by atoms with Gasteiger partial charge in [0.25, 0.3) is 5.91 Å². The maximum atomic E-state index is 13.7. The number of nitrogens with zero attached hydrogens (tertiary/aromatic N) is 3. The fraction of sp³-hybridized carbons (Fsp3) is 0.500. The molecule has 4 rings (SSSR count). The van der Waals surface area contributed by atoms with Crippen molar-refractivity contribution in [1.82, 2.24) is 14.7 Å². The number of likely N-dealkylation sites (tertiary alicyclic amines) is 1. The minimum absolute atomic E-state index is 0.0441. The highest BCUT2D eigenvalue weighted by molar-refractivity contribution is 7.10. The molecule has 2 aromatic heterocycles. The fourth-order valence-corrected chi connectivity index (χ4v) is 4.52. The highest BCUT2D eigenvalue weighted by atomic mass is 35.5. The molecular weight excluding hydrogens is 389 g/mol. The Morgan fingerprint density at radius 2 is 2.08 bits per heavy atom. The highest BCUT2D eigenvalue weighted by Crippen LogP contribution is 2.47. The molecule has 140 valence electrons. The van der Waals surface area contributed by atoms with E-state index in [1.54, 1.807) is 17.0 Å². The van der Waals surface area contributed by atoms with E-state index < -0.39 is 24.2 Å². The van der Waals surface area contributed by atoms with Gasteiger partial charge >= 0.3 is 6.18 Å². The summed E-state index contributed by atoms with van der Waals surface area (Å²) >= 11 is 7.68. The topological polar surface area (TPSA) is 50.2 Å². The molecule has 2 aliphatic rings. The zero-order chi connectivity index (χ0) is 18.5. The van der Waals surface area contributed by atoms with Crippen LogP contribution >= 0.6 is 22.9 Å². The number of aromatic nitrogens is 2. The van der Waals surface area contributed by atoms with Gasteiger partial charge in [-0.25, -0.2) is 4.68 Å². The predicted octanol–water partition coefficient (Wildman–Crippen LogP) is 4.49. The van der Waals surface area contributed by atoms with Crippen molar-refractivity contribution in [1.29, 1.82) is 0 Å². The molecule has 4 heterocycles. The molecule has 26 heavy (non-hydrogen) atoms. The summed E-state index contributed by atoms with van der Waals surface area (Å²) in [7, 11) is 0. The number of hydrogen-bond donors (Lipinski definition) is 1. The molecule has 1 N–H and O–H groups in total. The number of alkyl halides is 3. The average molecular weight is 405 g/mol. The maximum absolute atomic E-state index is 13.7. The lowest BCUT2D eigenvalue weighted by Crippen LogP contribution is -2.35. The number of fused-ring (bicyclic) bond motifs is 1. The van der Waals surface area contributed by atoms with E-state index in [9.17, 15) is 18.0 Å². The van der Waals surface area contributed by atoms with Gasteiger partial charge < -0.3 is 10.2 Å². The summed E-state index contributed by atoms with van der Waals surface area (Å²) in [6, 6.07) is 1.22. The van der Waals surface area contributed by atoms with Crippen molar-refractivity contribution >= 4 is 34.7 Å². The monoisotopic (exact) mass is 404 g/mol. The SMILES string of the molecule is O=C(c1nn2c(c1Cl)NC(c1cccs1)CC2C(F)(F)F)N1CCCC1. The third-order valence-corrected chi connectivity index (χ3v) is 6.12. The van der Waals surface area contributed by atoms with E-state index in [1.165, 1.54) is 11.3 Å². The molecule has 0 aliphatic carbocycles. The standard InChI is InChI=1S/C16H16ClF3N4OS/c17-12-13(15(25)23-5-1-2-6-23)22-24-11(16(18,19)20)8-9(21-14(12)24)10-4-3-7-26-10/h3-4,7,9,11,21H,1-2,5-6,8H2. The van der Waals surface area contributed by atoms with Gasteiger partial charge in [0, 0.05) is 24.4 Å². The average Bonchev–Trinajstić information content (AvgIpc) is 3.34. The van der Waals surface area contributed by atoms with Gasteiger partial charge in [-0.1, -0.05) is 17.7 Å². The lowest BCUT2D eigenvalue weighted by Gasteiger charge is -2.32. The molecule has 10 heteroatoms. The molecule has 2 aromatic rings. The van der Waals surface area contributed by atoms with Crippen LogP contribution in [0, 0.1) is 0 Å². The normalized spacial score (nSPS) is 23.0. The summed E-state index contributed by atoms with van der Waals surface area (Å²) < 4.78 is 41.8. The van der Waals surface area contributed by atoms with Crippen molar-refractivity contribution in [2.75, 3.05) is 18.4 Å². The number of thiophene rings is 1. The molecule has 0 radical (unpaired) electrons. The summed E-state index contributed by atoms with van der Waals surface area (Å²) in [6.07, 6.45) is -2.94. The number of halogens is 4. The van der Waals surface area contributed by atoms with Crippen molar-refractivity contribution in [2.24, 2.45) is 0 Å². The first kappa shape index (κ1) is 17.7. The minimum Gasteiger partial charge on any atom is -0.361 e. The van der Waals surface area contributed by atoms with E-state index in [2.05, 4.69) is 10.4 Å². The lowest BCUT2D eigenvalue weighted by atomic mass is 10.0. The summed E-state index contributed by atoms with van der Waals surface area (Å²) in [4.78, 5) is 15.0. The second-order valence-corrected chi connectivity index (χ2v) is 7.82. The molecule has 0 spiro atoms. The van der Waals surface area contributed by atoms with Crippen LogP contribution in [-0.2, 0) is 0 Å². The quantitative estimate of drug-likeness (QED) is 0.802. The van der Waals surface area contributed by atoms with Crippen LogP contribution in [0.1, 0.15) is 46.7 Å². The Morgan fingerprint density at radius 3 is 2.69 bits per heavy atom. The minimum atomic E-state index is -4.49. The molecule has 1 fully saturated rings. The zero-order valence-corrected chi connectivity index (χ0v) is 15.2. The van der Waals surface area contributed by atoms with Crippen molar-refractivity contribution < 1.29 is 18.0 Å². The van der Waals surface area contributed by atoms with Crippen molar-refractivity contribution in [3.05, 3.63) is 33.1 Å². The van der Waals surface area contributed by atoms with E-state index in [0.717, 1.165) is 22.4 Å². The van der Waals surface area contributed by atoms with E-state index in [4.69, 9.17) is 11.6 Å². The Kier molecular flexibility index (Phi) is 4.38. The number of anilines is 1. The summed E-state index contributed by atoms with van der Waals surface area (Å²) in [5, 5.41) is 8.79. The zero-order valence-electron chi connectivity index (χ0n) is 13.6. The second kappa shape index (κ2) is 6.45. The number of carbonyl (C=O) groups excluding carboxylic acids is 1. The van der Waals surface area contributed by atoms with Gasteiger partial charge in [-0.05, 0) is 24.3 Å². The van der Waals surface area contributed by atoms with E-state index >= 15 is 0 Å². The largest absolute Gasteiger partial charge is 0.410 e. The van der Waals surface area contributed by atoms with Gasteiger partial charge in [0.2, 0.25) is 0 Å². The van der Waals surface area contributed by atoms with Gasteiger partial charge in [-0.2, -0.15) is 18.3 Å². The van der Waals surface area contributed by atoms with Gasteiger partial charge in [0.05, 0.1) is 6.04 Å². The van der Waals surface area contributed by atoms with Crippen LogP contribution in [0.5, 0.6) is 0 Å². The number of amides is 1. The Balaban J connectivity index is 1.74. The molecule has 5 nitrogen and oxygen atoms in total. The van der Waals surface area contributed by atoms with Crippen LogP contribution in [0.3, 0.4) is 0 Å². The van der Waals surface area contributed by atoms with Crippen LogP contribution in [-0.4, -0.2) is 39.9 Å². The first-order valence-corrected chi connectivity index (χ1v) is 9.56. The predicted molar refractivity (Wildman–Crippen MR) is 92.8 cm³/mol. The summed E-state index contributed by atoms with van der Waals surface area (Å²) in [5.41, 5.74) is -0.114. The van der Waals surface area contributed by atoms with E-state index in [-0.39, 0.29) is 23.0 Å². The van der Waals surface area contributed by atoms with Gasteiger partial charge in [0.1, 0.15) is 10.8 Å². The third-order valence-electron chi connectivity index (χ3n) is 4.78. The third kappa shape index (κ3) is 2.96. The molecular formula is C16H16ClF3N4OS. The van der Waals surface area contributed by atoms with Gasteiger partial charge in [-0.15, -0.1) is 11.3 Å². The molecule has 0 bridgehead atoms. The Morgan fingerprint density at radius 1 is 1.35 bits per heavy atom. The van der Waals surface area contributed by atoms with Gasteiger partial charge in [0.15, 0.2) is 11.7 Å². The highest BCUT2D eigenvalue weighted by Gasteiger charge is 2.48. The first-order valence-electron chi connectivity index (χ1n) is 8.30. The van der Waals surface area contributed by atoms with Crippen LogP contribution in [0.2, 0.25) is 5.02 Å². The van der Waals surface area contributed by atoms with E-state index in [0.29, 0.717) is 13.1 Å². The van der Waals surface area contributed by atoms with Crippen molar-refractivity contribution in [3.63, 3.8) is 0 Å². The summed E-state index contributed by atoms with van der Waals surface area (Å²) in [5.74, 6) is -0.356. The van der Waals surface area contributed by atoms with Gasteiger partial charge in [-0.3, -0.25) is 4.79 Å². The molecule has 2 atom stereocenters. The first-order chi connectivity index (χ1) is 12.4. The molecule has 0 aromatic carbocycles. The molecule has 1 saturated heterocycles. The lowest BCUT2D eigenvalue weighted by molar-refractivity contribution is -0.173. The fourth-order valence-electron chi connectivity index (χ4n) is 3.47.